The fourth-order valence-electron chi connectivity index (χ4n) is 4.98. The van der Waals surface area contributed by atoms with Crippen molar-refractivity contribution in [1.29, 1.82) is 0 Å². The maximum absolute atomic E-state index is 11.4. The van der Waals surface area contributed by atoms with Crippen LogP contribution in [0.3, 0.4) is 0 Å². The van der Waals surface area contributed by atoms with Crippen molar-refractivity contribution < 1.29 is 9.84 Å². The number of methoxy groups -OCH3 is 1. The van der Waals surface area contributed by atoms with Gasteiger partial charge in [0.2, 0.25) is 5.88 Å². The molecule has 1 aliphatic rings. The van der Waals surface area contributed by atoms with E-state index in [9.17, 15) is 5.11 Å². The zero-order valence-electron chi connectivity index (χ0n) is 18.4. The summed E-state index contributed by atoms with van der Waals surface area (Å²) in [7, 11) is 1.67. The van der Waals surface area contributed by atoms with E-state index in [4.69, 9.17) is 17.0 Å². The van der Waals surface area contributed by atoms with Gasteiger partial charge in [-0.2, -0.15) is 0 Å². The lowest BCUT2D eigenvalue weighted by Gasteiger charge is -2.27. The normalized spacial score (nSPS) is 14.8. The predicted octanol–water partition coefficient (Wildman–Crippen LogP) is 6.05. The molecule has 5 nitrogen and oxygen atoms in total. The number of aromatic amines is 1. The Bertz CT molecular complexity index is 1570. The summed E-state index contributed by atoms with van der Waals surface area (Å²) in [5.41, 5.74) is 7.22. The predicted molar refractivity (Wildman–Crippen MR) is 132 cm³/mol. The highest BCUT2D eigenvalue weighted by molar-refractivity contribution is 7.71. The number of aryl methyl sites for hydroxylation is 1. The molecule has 33 heavy (non-hydrogen) atoms. The van der Waals surface area contributed by atoms with Gasteiger partial charge in [0, 0.05) is 23.0 Å². The number of aromatic nitrogens is 3. The third-order valence-corrected chi connectivity index (χ3v) is 6.96. The van der Waals surface area contributed by atoms with Crippen LogP contribution in [0.2, 0.25) is 0 Å². The second-order valence-corrected chi connectivity index (χ2v) is 8.88. The fraction of sp³-hybridized carbons (Fsp3) is 0.148. The zero-order chi connectivity index (χ0) is 22.7. The molecule has 0 spiro atoms. The van der Waals surface area contributed by atoms with Crippen molar-refractivity contribution >= 4 is 23.1 Å². The molecule has 0 saturated heterocycles. The van der Waals surface area contributed by atoms with Crippen molar-refractivity contribution in [3.63, 3.8) is 0 Å². The molecular weight excluding hydrogens is 430 g/mol. The Morgan fingerprint density at radius 1 is 1.03 bits per heavy atom. The van der Waals surface area contributed by atoms with E-state index in [0.717, 1.165) is 39.5 Å². The lowest BCUT2D eigenvalue weighted by atomic mass is 9.93. The first kappa shape index (κ1) is 19.9. The average molecular weight is 454 g/mol. The molecule has 0 radical (unpaired) electrons. The van der Waals surface area contributed by atoms with E-state index in [0.29, 0.717) is 11.2 Å². The number of para-hydroxylation sites is 1. The summed E-state index contributed by atoms with van der Waals surface area (Å²) in [6, 6.07) is 24.2. The smallest absolute Gasteiger partial charge is 0.218 e. The molecule has 6 heteroatoms. The van der Waals surface area contributed by atoms with Crippen molar-refractivity contribution in [3.05, 3.63) is 106 Å². The number of hydrogen-bond donors (Lipinski definition) is 2. The molecule has 1 atom stereocenters. The van der Waals surface area contributed by atoms with Crippen LogP contribution in [0, 0.1) is 11.7 Å². The Balaban J connectivity index is 1.66. The largest absolute Gasteiger partial charge is 0.497 e. The van der Waals surface area contributed by atoms with Gasteiger partial charge in [-0.15, -0.1) is 0 Å². The van der Waals surface area contributed by atoms with E-state index in [1.807, 2.05) is 55.5 Å². The molecule has 2 aromatic heterocycles. The molecule has 0 saturated carbocycles. The second kappa shape index (κ2) is 7.39. The van der Waals surface area contributed by atoms with E-state index in [1.165, 1.54) is 10.9 Å². The van der Waals surface area contributed by atoms with Crippen molar-refractivity contribution in [3.8, 4) is 17.3 Å². The van der Waals surface area contributed by atoms with E-state index in [1.54, 1.807) is 11.7 Å². The number of rotatable bonds is 3. The molecule has 3 aromatic carbocycles. The van der Waals surface area contributed by atoms with Crippen molar-refractivity contribution in [2.75, 3.05) is 7.11 Å². The second-order valence-electron chi connectivity index (χ2n) is 8.51. The summed E-state index contributed by atoms with van der Waals surface area (Å²) in [6.45, 7) is 2.05. The number of benzene rings is 3. The number of fused-ring (bicyclic) bond motifs is 4. The van der Waals surface area contributed by atoms with Crippen LogP contribution >= 0.6 is 12.2 Å². The van der Waals surface area contributed by atoms with E-state index >= 15 is 0 Å². The molecule has 164 valence electrons. The standard InChI is InChI=1S/C27H23N3O2S/c1-16-10-12-18(13-11-16)29-26(31)23-15-21-20-8-3-4-9-22(20)28-24(21)25(30(23)27(29)33)17-6-5-7-19(14-17)32-2/h3-14,25,28,31H,15H2,1-2H3. The van der Waals surface area contributed by atoms with Crippen LogP contribution in [-0.2, 0) is 6.42 Å². The summed E-state index contributed by atoms with van der Waals surface area (Å²) in [6.07, 6.45) is 0.591. The first-order valence-corrected chi connectivity index (χ1v) is 11.3. The molecule has 5 aromatic rings. The van der Waals surface area contributed by atoms with Crippen molar-refractivity contribution in [2.24, 2.45) is 0 Å². The molecule has 1 aliphatic heterocycles. The van der Waals surface area contributed by atoms with Crippen LogP contribution in [0.15, 0.2) is 72.8 Å². The van der Waals surface area contributed by atoms with Gasteiger partial charge in [0.15, 0.2) is 4.77 Å². The Labute approximate surface area is 196 Å². The Kier molecular flexibility index (Phi) is 4.45. The number of H-pyrrole nitrogens is 1. The van der Waals surface area contributed by atoms with Crippen LogP contribution in [0.4, 0.5) is 0 Å². The maximum Gasteiger partial charge on any atom is 0.218 e. The number of nitrogens with zero attached hydrogens (tertiary/aromatic N) is 2. The highest BCUT2D eigenvalue weighted by atomic mass is 32.1. The lowest BCUT2D eigenvalue weighted by Crippen LogP contribution is -2.21. The molecule has 0 bridgehead atoms. The molecule has 2 N–H and O–H groups in total. The number of hydrogen-bond acceptors (Lipinski definition) is 3. The van der Waals surface area contributed by atoms with Crippen molar-refractivity contribution in [2.45, 2.75) is 19.4 Å². The Hall–Kier alpha value is -3.77. The van der Waals surface area contributed by atoms with Gasteiger partial charge in [-0.3, -0.25) is 4.57 Å². The third-order valence-electron chi connectivity index (χ3n) is 6.58. The highest BCUT2D eigenvalue weighted by Crippen LogP contribution is 2.43. The molecular formula is C27H23N3O2S. The highest BCUT2D eigenvalue weighted by Gasteiger charge is 2.34. The van der Waals surface area contributed by atoms with Crippen LogP contribution in [0.1, 0.15) is 34.1 Å². The zero-order valence-corrected chi connectivity index (χ0v) is 19.2. The van der Waals surface area contributed by atoms with Gasteiger partial charge >= 0.3 is 0 Å². The van der Waals surface area contributed by atoms with Crippen LogP contribution in [-0.4, -0.2) is 26.3 Å². The maximum atomic E-state index is 11.4. The van der Waals surface area contributed by atoms with Gasteiger partial charge in [-0.1, -0.05) is 48.0 Å². The van der Waals surface area contributed by atoms with Gasteiger partial charge in [0.05, 0.1) is 18.5 Å². The van der Waals surface area contributed by atoms with Gasteiger partial charge in [-0.05, 0) is 60.6 Å². The monoisotopic (exact) mass is 453 g/mol. The van der Waals surface area contributed by atoms with Gasteiger partial charge in [0.1, 0.15) is 11.8 Å². The number of aromatic hydroxyl groups is 1. The summed E-state index contributed by atoms with van der Waals surface area (Å²) in [4.78, 5) is 3.65. The lowest BCUT2D eigenvalue weighted by molar-refractivity contribution is 0.413. The molecule has 0 amide bonds. The Morgan fingerprint density at radius 3 is 2.61 bits per heavy atom. The molecule has 0 aliphatic carbocycles. The summed E-state index contributed by atoms with van der Waals surface area (Å²) < 4.78 is 9.93. The minimum absolute atomic E-state index is 0.188. The van der Waals surface area contributed by atoms with E-state index in [2.05, 4.69) is 33.8 Å². The summed E-state index contributed by atoms with van der Waals surface area (Å²) in [5.74, 6) is 0.971. The van der Waals surface area contributed by atoms with Gasteiger partial charge in [-0.25, -0.2) is 0 Å². The van der Waals surface area contributed by atoms with E-state index < -0.39 is 0 Å². The molecule has 0 fully saturated rings. The molecule has 6 rings (SSSR count). The van der Waals surface area contributed by atoms with Gasteiger partial charge < -0.3 is 19.4 Å². The SMILES string of the molecule is COc1cccc(C2c3[nH]c4ccccc4c3Cc3c(O)n(-c4ccc(C)cc4)c(=S)n32)c1. The molecule has 1 unspecified atom stereocenters. The summed E-state index contributed by atoms with van der Waals surface area (Å²) >= 11 is 5.98. The van der Waals surface area contributed by atoms with Crippen molar-refractivity contribution in [1.82, 2.24) is 14.1 Å². The first-order valence-electron chi connectivity index (χ1n) is 10.9. The third kappa shape index (κ3) is 2.94. The fourth-order valence-corrected chi connectivity index (χ4v) is 5.38. The van der Waals surface area contributed by atoms with Crippen LogP contribution in [0.5, 0.6) is 11.6 Å². The minimum Gasteiger partial charge on any atom is -0.497 e. The Morgan fingerprint density at radius 2 is 1.82 bits per heavy atom. The minimum atomic E-state index is -0.212. The van der Waals surface area contributed by atoms with Gasteiger partial charge in [0.25, 0.3) is 0 Å². The number of imidazole rings is 1. The first-order chi connectivity index (χ1) is 16.1. The van der Waals surface area contributed by atoms with Crippen LogP contribution < -0.4 is 4.74 Å². The average Bonchev–Trinajstić information content (AvgIpc) is 3.33. The number of ether oxygens (including phenoxy) is 1. The molecule has 3 heterocycles. The summed E-state index contributed by atoms with van der Waals surface area (Å²) in [5, 5.41) is 12.6. The topological polar surface area (TPSA) is 55.1 Å². The van der Waals surface area contributed by atoms with E-state index in [-0.39, 0.29) is 11.9 Å². The number of nitrogens with one attached hydrogen (secondary N) is 1. The van der Waals surface area contributed by atoms with Crippen LogP contribution in [0.25, 0.3) is 16.6 Å². The quantitative estimate of drug-likeness (QED) is 0.321.